The Labute approximate surface area is 105 Å². The topological polar surface area (TPSA) is 39.2 Å². The number of pyridine rings is 1. The minimum Gasteiger partial charge on any atom is -0.497 e. The summed E-state index contributed by atoms with van der Waals surface area (Å²) < 4.78 is 5.19. The molecule has 90 valence electrons. The van der Waals surface area contributed by atoms with Gasteiger partial charge in [-0.05, 0) is 42.7 Å². The van der Waals surface area contributed by atoms with Crippen molar-refractivity contribution in [3.05, 3.63) is 58.9 Å². The van der Waals surface area contributed by atoms with Gasteiger partial charge in [-0.3, -0.25) is 9.78 Å². The molecule has 0 N–H and O–H groups in total. The number of fused-ring (bicyclic) bond motifs is 2. The summed E-state index contributed by atoms with van der Waals surface area (Å²) in [5.41, 5.74) is 3.40. The lowest BCUT2D eigenvalue weighted by Gasteiger charge is -2.07. The van der Waals surface area contributed by atoms with Gasteiger partial charge in [-0.15, -0.1) is 0 Å². The van der Waals surface area contributed by atoms with Gasteiger partial charge in [0.15, 0.2) is 5.78 Å². The van der Waals surface area contributed by atoms with Crippen LogP contribution in [0.25, 0.3) is 0 Å². The van der Waals surface area contributed by atoms with Crippen molar-refractivity contribution < 1.29 is 9.53 Å². The van der Waals surface area contributed by atoms with Gasteiger partial charge in [-0.2, -0.15) is 0 Å². The maximum atomic E-state index is 12.5. The van der Waals surface area contributed by atoms with E-state index in [9.17, 15) is 4.79 Å². The van der Waals surface area contributed by atoms with E-state index >= 15 is 0 Å². The van der Waals surface area contributed by atoms with E-state index in [0.717, 1.165) is 35.4 Å². The first-order chi connectivity index (χ1) is 8.79. The van der Waals surface area contributed by atoms with Crippen LogP contribution in [-0.4, -0.2) is 17.9 Å². The predicted molar refractivity (Wildman–Crippen MR) is 68.1 cm³/mol. The zero-order valence-electron chi connectivity index (χ0n) is 10.1. The molecule has 1 aromatic heterocycles. The third-order valence-electron chi connectivity index (χ3n) is 3.33. The SMILES string of the molecule is COc1ccc2c(c1)C(=O)c1cccnc1CC2. The molecule has 1 aromatic carbocycles. The molecule has 0 radical (unpaired) electrons. The highest BCUT2D eigenvalue weighted by Crippen LogP contribution is 2.26. The average molecular weight is 239 g/mol. The first kappa shape index (κ1) is 11.0. The number of carbonyl (C=O) groups is 1. The average Bonchev–Trinajstić information content (AvgIpc) is 2.57. The lowest BCUT2D eigenvalue weighted by Crippen LogP contribution is -2.05. The van der Waals surface area contributed by atoms with E-state index in [1.54, 1.807) is 13.3 Å². The van der Waals surface area contributed by atoms with Crippen LogP contribution in [0.1, 0.15) is 27.2 Å². The third-order valence-corrected chi connectivity index (χ3v) is 3.33. The van der Waals surface area contributed by atoms with E-state index in [1.165, 1.54) is 0 Å². The Morgan fingerprint density at radius 2 is 2.06 bits per heavy atom. The normalized spacial score (nSPS) is 13.5. The zero-order valence-corrected chi connectivity index (χ0v) is 10.1. The Morgan fingerprint density at radius 1 is 1.17 bits per heavy atom. The molecule has 0 bridgehead atoms. The van der Waals surface area contributed by atoms with Crippen LogP contribution in [0.5, 0.6) is 5.75 Å². The molecular weight excluding hydrogens is 226 g/mol. The van der Waals surface area contributed by atoms with Crippen molar-refractivity contribution in [1.82, 2.24) is 4.98 Å². The lowest BCUT2D eigenvalue weighted by molar-refractivity contribution is 0.103. The highest BCUT2D eigenvalue weighted by Gasteiger charge is 2.21. The summed E-state index contributed by atoms with van der Waals surface area (Å²) in [6.45, 7) is 0. The molecule has 0 unspecified atom stereocenters. The summed E-state index contributed by atoms with van der Waals surface area (Å²) in [6.07, 6.45) is 3.39. The second-order valence-electron chi connectivity index (χ2n) is 4.35. The smallest absolute Gasteiger partial charge is 0.195 e. The van der Waals surface area contributed by atoms with Crippen LogP contribution in [0.15, 0.2) is 36.5 Å². The molecule has 1 heterocycles. The minimum atomic E-state index is 0.0458. The Kier molecular flexibility index (Phi) is 2.59. The molecule has 0 aliphatic heterocycles. The van der Waals surface area contributed by atoms with E-state index < -0.39 is 0 Å². The number of ketones is 1. The summed E-state index contributed by atoms with van der Waals surface area (Å²) in [5, 5.41) is 0. The van der Waals surface area contributed by atoms with Crippen molar-refractivity contribution >= 4 is 5.78 Å². The highest BCUT2D eigenvalue weighted by atomic mass is 16.5. The molecule has 3 heteroatoms. The summed E-state index contributed by atoms with van der Waals surface area (Å²) in [7, 11) is 1.61. The number of aryl methyl sites for hydroxylation is 2. The highest BCUT2D eigenvalue weighted by molar-refractivity contribution is 6.11. The summed E-state index contributed by atoms with van der Waals surface area (Å²) in [5.74, 6) is 0.763. The van der Waals surface area contributed by atoms with Crippen LogP contribution >= 0.6 is 0 Å². The maximum Gasteiger partial charge on any atom is 0.195 e. The molecule has 0 fully saturated rings. The van der Waals surface area contributed by atoms with Crippen molar-refractivity contribution in [3.63, 3.8) is 0 Å². The van der Waals surface area contributed by atoms with Gasteiger partial charge in [0.1, 0.15) is 5.75 Å². The van der Waals surface area contributed by atoms with Crippen molar-refractivity contribution in [3.8, 4) is 5.75 Å². The monoisotopic (exact) mass is 239 g/mol. The summed E-state index contributed by atoms with van der Waals surface area (Å²) in [4.78, 5) is 16.8. The van der Waals surface area contributed by atoms with Gasteiger partial charge in [0.2, 0.25) is 0 Å². The Balaban J connectivity index is 2.17. The first-order valence-electron chi connectivity index (χ1n) is 5.95. The number of aromatic nitrogens is 1. The maximum absolute atomic E-state index is 12.5. The van der Waals surface area contributed by atoms with Gasteiger partial charge in [-0.1, -0.05) is 6.07 Å². The standard InChI is InChI=1S/C15H13NO2/c1-18-11-6-4-10-5-7-14-12(3-2-8-16-14)15(17)13(10)9-11/h2-4,6,8-9H,5,7H2,1H3. The van der Waals surface area contributed by atoms with Gasteiger partial charge >= 0.3 is 0 Å². The molecule has 18 heavy (non-hydrogen) atoms. The number of methoxy groups -OCH3 is 1. The van der Waals surface area contributed by atoms with Crippen LogP contribution in [0.2, 0.25) is 0 Å². The fourth-order valence-electron chi connectivity index (χ4n) is 2.35. The first-order valence-corrected chi connectivity index (χ1v) is 5.95. The molecule has 0 saturated carbocycles. The van der Waals surface area contributed by atoms with E-state index in [2.05, 4.69) is 4.98 Å². The van der Waals surface area contributed by atoms with Crippen molar-refractivity contribution in [2.24, 2.45) is 0 Å². The van der Waals surface area contributed by atoms with Crippen molar-refractivity contribution in [2.45, 2.75) is 12.8 Å². The van der Waals surface area contributed by atoms with E-state index in [1.807, 2.05) is 30.3 Å². The number of benzene rings is 1. The van der Waals surface area contributed by atoms with Crippen LogP contribution in [-0.2, 0) is 12.8 Å². The number of nitrogens with zero attached hydrogens (tertiary/aromatic N) is 1. The summed E-state index contributed by atoms with van der Waals surface area (Å²) in [6, 6.07) is 9.34. The van der Waals surface area contributed by atoms with Crippen LogP contribution in [0, 0.1) is 0 Å². The van der Waals surface area contributed by atoms with E-state index in [-0.39, 0.29) is 5.78 Å². The van der Waals surface area contributed by atoms with E-state index in [4.69, 9.17) is 4.74 Å². The van der Waals surface area contributed by atoms with Crippen LogP contribution in [0.3, 0.4) is 0 Å². The molecule has 0 spiro atoms. The lowest BCUT2D eigenvalue weighted by atomic mass is 10.00. The molecule has 1 aliphatic carbocycles. The fourth-order valence-corrected chi connectivity index (χ4v) is 2.35. The van der Waals surface area contributed by atoms with E-state index in [0.29, 0.717) is 5.56 Å². The third kappa shape index (κ3) is 1.68. The van der Waals surface area contributed by atoms with Gasteiger partial charge < -0.3 is 4.74 Å². The Bertz CT molecular complexity index is 620. The van der Waals surface area contributed by atoms with Gasteiger partial charge in [0.05, 0.1) is 12.8 Å². The largest absolute Gasteiger partial charge is 0.497 e. The molecule has 0 amide bonds. The Hall–Kier alpha value is -2.16. The quantitative estimate of drug-likeness (QED) is 0.767. The second-order valence-corrected chi connectivity index (χ2v) is 4.35. The molecule has 0 atom stereocenters. The second kappa shape index (κ2) is 4.26. The molecule has 3 nitrogen and oxygen atoms in total. The molecular formula is C15H13NO2. The zero-order chi connectivity index (χ0) is 12.5. The molecule has 3 rings (SSSR count). The minimum absolute atomic E-state index is 0.0458. The number of ether oxygens (including phenoxy) is 1. The van der Waals surface area contributed by atoms with Crippen LogP contribution < -0.4 is 4.74 Å². The predicted octanol–water partition coefficient (Wildman–Crippen LogP) is 2.42. The van der Waals surface area contributed by atoms with Crippen LogP contribution in [0.4, 0.5) is 0 Å². The van der Waals surface area contributed by atoms with Crippen molar-refractivity contribution in [2.75, 3.05) is 7.11 Å². The Morgan fingerprint density at radius 3 is 2.89 bits per heavy atom. The molecule has 2 aromatic rings. The molecule has 0 saturated heterocycles. The van der Waals surface area contributed by atoms with Crippen molar-refractivity contribution in [1.29, 1.82) is 0 Å². The molecule has 1 aliphatic rings. The number of hydrogen-bond acceptors (Lipinski definition) is 3. The van der Waals surface area contributed by atoms with Gasteiger partial charge in [-0.25, -0.2) is 0 Å². The van der Waals surface area contributed by atoms with Gasteiger partial charge in [0.25, 0.3) is 0 Å². The number of carbonyl (C=O) groups excluding carboxylic acids is 1. The van der Waals surface area contributed by atoms with Gasteiger partial charge in [0, 0.05) is 17.3 Å². The number of rotatable bonds is 1. The number of hydrogen-bond donors (Lipinski definition) is 0. The summed E-state index contributed by atoms with van der Waals surface area (Å²) >= 11 is 0. The fraction of sp³-hybridized carbons (Fsp3) is 0.200.